The number of phenolic OH excluding ortho intramolecular Hbond substituents is 1. The van der Waals surface area contributed by atoms with Crippen LogP contribution in [0.15, 0.2) is 24.3 Å². The molecule has 0 radical (unpaired) electrons. The largest absolute Gasteiger partial charge is 0.508 e. The van der Waals surface area contributed by atoms with Gasteiger partial charge in [-0.3, -0.25) is 4.79 Å². The van der Waals surface area contributed by atoms with Crippen LogP contribution in [-0.4, -0.2) is 26.4 Å². The first kappa shape index (κ1) is 11.3. The molecule has 0 spiro atoms. The van der Waals surface area contributed by atoms with Crippen LogP contribution in [0.1, 0.15) is 30.4 Å². The summed E-state index contributed by atoms with van der Waals surface area (Å²) in [7, 11) is 0. The van der Waals surface area contributed by atoms with E-state index in [1.165, 1.54) is 0 Å². The number of hydrogen-bond acceptors (Lipinski definition) is 4. The Hall–Kier alpha value is -2.17. The second kappa shape index (κ2) is 4.37. The second-order valence-corrected chi connectivity index (χ2v) is 4.03. The number of benzene rings is 1. The summed E-state index contributed by atoms with van der Waals surface area (Å²) in [5.74, 6) is 0.149. The number of carbonyl (C=O) groups excluding carboxylic acids is 1. The molecule has 0 aliphatic carbocycles. The van der Waals surface area contributed by atoms with Crippen LogP contribution >= 0.6 is 0 Å². The van der Waals surface area contributed by atoms with Crippen LogP contribution in [0.25, 0.3) is 11.3 Å². The summed E-state index contributed by atoms with van der Waals surface area (Å²) in [6.45, 7) is 3.91. The summed E-state index contributed by atoms with van der Waals surface area (Å²) in [6, 6.07) is 6.79. The van der Waals surface area contributed by atoms with E-state index in [4.69, 9.17) is 0 Å². The Balaban J connectivity index is 2.64. The maximum atomic E-state index is 10.9. The molecule has 0 unspecified atom stereocenters. The number of nitrogens with zero attached hydrogens (tertiary/aromatic N) is 3. The summed E-state index contributed by atoms with van der Waals surface area (Å²) in [4.78, 5) is 10.9. The molecule has 0 aliphatic rings. The van der Waals surface area contributed by atoms with Gasteiger partial charge >= 0.3 is 0 Å². The van der Waals surface area contributed by atoms with Crippen molar-refractivity contribution in [3.63, 3.8) is 0 Å². The molecule has 1 N–H and O–H groups in total. The third kappa shape index (κ3) is 2.04. The van der Waals surface area contributed by atoms with Crippen LogP contribution < -0.4 is 0 Å². The third-order valence-electron chi connectivity index (χ3n) is 2.44. The molecular formula is C12H13N3O2. The molecule has 1 heterocycles. The molecule has 0 bridgehead atoms. The fourth-order valence-corrected chi connectivity index (χ4v) is 1.68. The van der Waals surface area contributed by atoms with E-state index in [2.05, 4.69) is 10.3 Å². The molecule has 0 saturated carbocycles. The average Bonchev–Trinajstić information content (AvgIpc) is 2.72. The molecule has 1 aromatic carbocycles. The summed E-state index contributed by atoms with van der Waals surface area (Å²) in [5.41, 5.74) is 1.64. The minimum Gasteiger partial charge on any atom is -0.508 e. The van der Waals surface area contributed by atoms with Gasteiger partial charge in [0.05, 0.1) is 5.69 Å². The van der Waals surface area contributed by atoms with Gasteiger partial charge in [-0.05, 0) is 26.0 Å². The van der Waals surface area contributed by atoms with Crippen molar-refractivity contribution in [2.75, 3.05) is 0 Å². The molecule has 5 nitrogen and oxygen atoms in total. The SMILES string of the molecule is CC(C)n1nnc(C=O)c1-c1cccc(O)c1. The predicted molar refractivity (Wildman–Crippen MR) is 62.9 cm³/mol. The molecule has 0 fully saturated rings. The fourth-order valence-electron chi connectivity index (χ4n) is 1.68. The number of aldehydes is 1. The van der Waals surface area contributed by atoms with Crippen LogP contribution in [0.2, 0.25) is 0 Å². The van der Waals surface area contributed by atoms with Crippen molar-refractivity contribution in [2.45, 2.75) is 19.9 Å². The summed E-state index contributed by atoms with van der Waals surface area (Å²) < 4.78 is 1.67. The summed E-state index contributed by atoms with van der Waals surface area (Å²) in [5, 5.41) is 17.2. The van der Waals surface area contributed by atoms with Gasteiger partial charge in [0.15, 0.2) is 12.0 Å². The number of hydrogen-bond donors (Lipinski definition) is 1. The Labute approximate surface area is 98.7 Å². The highest BCUT2D eigenvalue weighted by molar-refractivity contribution is 5.83. The Morgan fingerprint density at radius 2 is 2.18 bits per heavy atom. The van der Waals surface area contributed by atoms with Crippen molar-refractivity contribution >= 4 is 6.29 Å². The second-order valence-electron chi connectivity index (χ2n) is 4.03. The van der Waals surface area contributed by atoms with Crippen LogP contribution in [0.5, 0.6) is 5.75 Å². The van der Waals surface area contributed by atoms with Crippen LogP contribution in [0.3, 0.4) is 0 Å². The minimum absolute atomic E-state index is 0.0912. The third-order valence-corrected chi connectivity index (χ3v) is 2.44. The lowest BCUT2D eigenvalue weighted by molar-refractivity contribution is 0.111. The Morgan fingerprint density at radius 3 is 2.76 bits per heavy atom. The van der Waals surface area contributed by atoms with E-state index in [9.17, 15) is 9.90 Å². The molecule has 5 heteroatoms. The molecule has 17 heavy (non-hydrogen) atoms. The Kier molecular flexibility index (Phi) is 2.91. The number of aromatic nitrogens is 3. The van der Waals surface area contributed by atoms with E-state index in [0.717, 1.165) is 5.56 Å². The Morgan fingerprint density at radius 1 is 1.41 bits per heavy atom. The zero-order valence-electron chi connectivity index (χ0n) is 9.66. The van der Waals surface area contributed by atoms with Gasteiger partial charge in [-0.1, -0.05) is 17.3 Å². The van der Waals surface area contributed by atoms with Gasteiger partial charge in [-0.25, -0.2) is 4.68 Å². The monoisotopic (exact) mass is 231 g/mol. The van der Waals surface area contributed by atoms with Crippen molar-refractivity contribution in [1.29, 1.82) is 0 Å². The van der Waals surface area contributed by atoms with Gasteiger partial charge in [0.1, 0.15) is 5.75 Å². The lowest BCUT2D eigenvalue weighted by Gasteiger charge is -2.10. The smallest absolute Gasteiger partial charge is 0.172 e. The van der Waals surface area contributed by atoms with Gasteiger partial charge in [-0.2, -0.15) is 0 Å². The number of rotatable bonds is 3. The lowest BCUT2D eigenvalue weighted by atomic mass is 10.1. The van der Waals surface area contributed by atoms with Crippen molar-refractivity contribution in [2.24, 2.45) is 0 Å². The normalized spacial score (nSPS) is 10.8. The number of phenols is 1. The van der Waals surface area contributed by atoms with E-state index >= 15 is 0 Å². The van der Waals surface area contributed by atoms with Gasteiger partial charge in [0.2, 0.25) is 0 Å². The molecule has 0 saturated heterocycles. The molecular weight excluding hydrogens is 218 g/mol. The number of carbonyl (C=O) groups is 1. The highest BCUT2D eigenvalue weighted by Crippen LogP contribution is 2.26. The molecule has 1 aromatic heterocycles. The van der Waals surface area contributed by atoms with Crippen molar-refractivity contribution < 1.29 is 9.90 Å². The van der Waals surface area contributed by atoms with Crippen LogP contribution in [-0.2, 0) is 0 Å². The first-order chi connectivity index (χ1) is 8.13. The van der Waals surface area contributed by atoms with Crippen molar-refractivity contribution in [3.8, 4) is 17.0 Å². The summed E-state index contributed by atoms with van der Waals surface area (Å²) >= 11 is 0. The van der Waals surface area contributed by atoms with Gasteiger partial charge in [-0.15, -0.1) is 5.10 Å². The molecule has 0 atom stereocenters. The predicted octanol–water partition coefficient (Wildman–Crippen LogP) is 2.04. The first-order valence-corrected chi connectivity index (χ1v) is 5.33. The highest BCUT2D eigenvalue weighted by atomic mass is 16.3. The minimum atomic E-state index is 0.0912. The van der Waals surface area contributed by atoms with Crippen molar-refractivity contribution in [3.05, 3.63) is 30.0 Å². The topological polar surface area (TPSA) is 68.0 Å². The standard InChI is InChI=1S/C12H13N3O2/c1-8(2)15-12(11(7-16)13-14-15)9-4-3-5-10(17)6-9/h3-8,17H,1-2H3. The van der Waals surface area contributed by atoms with E-state index in [1.54, 1.807) is 22.9 Å². The molecule has 88 valence electrons. The van der Waals surface area contributed by atoms with E-state index in [0.29, 0.717) is 12.0 Å². The van der Waals surface area contributed by atoms with Gasteiger partial charge < -0.3 is 5.11 Å². The maximum Gasteiger partial charge on any atom is 0.172 e. The van der Waals surface area contributed by atoms with Crippen molar-refractivity contribution in [1.82, 2.24) is 15.0 Å². The zero-order chi connectivity index (χ0) is 12.4. The fraction of sp³-hybridized carbons (Fsp3) is 0.250. The Bertz CT molecular complexity index is 546. The van der Waals surface area contributed by atoms with Gasteiger partial charge in [0.25, 0.3) is 0 Å². The van der Waals surface area contributed by atoms with Crippen LogP contribution in [0.4, 0.5) is 0 Å². The number of aromatic hydroxyl groups is 1. The van der Waals surface area contributed by atoms with E-state index in [1.807, 2.05) is 19.9 Å². The van der Waals surface area contributed by atoms with E-state index < -0.39 is 0 Å². The van der Waals surface area contributed by atoms with Crippen LogP contribution in [0, 0.1) is 0 Å². The maximum absolute atomic E-state index is 10.9. The lowest BCUT2D eigenvalue weighted by Crippen LogP contribution is -2.05. The van der Waals surface area contributed by atoms with E-state index in [-0.39, 0.29) is 17.5 Å². The average molecular weight is 231 g/mol. The molecule has 0 amide bonds. The molecule has 2 rings (SSSR count). The van der Waals surface area contributed by atoms with Gasteiger partial charge in [0, 0.05) is 11.6 Å². The highest BCUT2D eigenvalue weighted by Gasteiger charge is 2.16. The first-order valence-electron chi connectivity index (χ1n) is 5.33. The zero-order valence-corrected chi connectivity index (χ0v) is 9.66. The quantitative estimate of drug-likeness (QED) is 0.821. The molecule has 0 aliphatic heterocycles. The summed E-state index contributed by atoms with van der Waals surface area (Å²) in [6.07, 6.45) is 0.672. The molecule has 2 aromatic rings.